The van der Waals surface area contributed by atoms with Crippen LogP contribution < -0.4 is 19.5 Å². The number of anilines is 1. The minimum atomic E-state index is -0.383. The molecule has 0 aliphatic carbocycles. The maximum atomic E-state index is 11.6. The van der Waals surface area contributed by atoms with E-state index in [1.165, 1.54) is 6.20 Å². The lowest BCUT2D eigenvalue weighted by Gasteiger charge is -2.14. The fraction of sp³-hybridized carbons (Fsp3) is 0.333. The third-order valence-electron chi connectivity index (χ3n) is 3.47. The predicted octanol–water partition coefficient (Wildman–Crippen LogP) is 2.90. The molecule has 25 heavy (non-hydrogen) atoms. The molecular formula is C18H22N2O5. The van der Waals surface area contributed by atoms with Gasteiger partial charge >= 0.3 is 5.97 Å². The van der Waals surface area contributed by atoms with Gasteiger partial charge in [-0.2, -0.15) is 0 Å². The van der Waals surface area contributed by atoms with Gasteiger partial charge in [0.05, 0.1) is 33.5 Å². The smallest absolute Gasteiger partial charge is 0.339 e. The number of hydrogen-bond donors (Lipinski definition) is 1. The Morgan fingerprint density at radius 1 is 1.08 bits per heavy atom. The van der Waals surface area contributed by atoms with Gasteiger partial charge in [-0.05, 0) is 36.8 Å². The summed E-state index contributed by atoms with van der Waals surface area (Å²) in [5, 5.41) is 3.18. The van der Waals surface area contributed by atoms with Gasteiger partial charge in [-0.1, -0.05) is 0 Å². The molecule has 0 radical (unpaired) electrons. The normalized spacial score (nSPS) is 10.1. The number of benzene rings is 1. The van der Waals surface area contributed by atoms with Gasteiger partial charge in [-0.3, -0.25) is 0 Å². The van der Waals surface area contributed by atoms with Crippen molar-refractivity contribution >= 4 is 11.8 Å². The number of aromatic nitrogens is 1. The highest BCUT2D eigenvalue weighted by atomic mass is 16.5. The topological polar surface area (TPSA) is 78.9 Å². The zero-order valence-electron chi connectivity index (χ0n) is 14.8. The SMILES string of the molecule is CCOC(=O)c1ccc(NCc2cc(OC)c(OC)c(OC)c2)nc1. The lowest BCUT2D eigenvalue weighted by molar-refractivity contribution is 0.0526. The van der Waals surface area contributed by atoms with E-state index in [1.807, 2.05) is 12.1 Å². The largest absolute Gasteiger partial charge is 0.493 e. The van der Waals surface area contributed by atoms with E-state index in [9.17, 15) is 4.79 Å². The molecule has 1 heterocycles. The minimum Gasteiger partial charge on any atom is -0.493 e. The van der Waals surface area contributed by atoms with Crippen LogP contribution in [0.25, 0.3) is 0 Å². The molecular weight excluding hydrogens is 324 g/mol. The Morgan fingerprint density at radius 3 is 2.24 bits per heavy atom. The van der Waals surface area contributed by atoms with Crippen molar-refractivity contribution in [3.8, 4) is 17.2 Å². The van der Waals surface area contributed by atoms with E-state index in [4.69, 9.17) is 18.9 Å². The number of ether oxygens (including phenoxy) is 4. The molecule has 0 spiro atoms. The molecule has 7 heteroatoms. The highest BCUT2D eigenvalue weighted by molar-refractivity contribution is 5.89. The molecule has 1 N–H and O–H groups in total. The van der Waals surface area contributed by atoms with Crippen LogP contribution in [-0.4, -0.2) is 38.9 Å². The van der Waals surface area contributed by atoms with E-state index < -0.39 is 0 Å². The second-order valence-electron chi connectivity index (χ2n) is 5.04. The van der Waals surface area contributed by atoms with Crippen molar-refractivity contribution in [2.75, 3.05) is 33.3 Å². The molecule has 0 fully saturated rings. The molecule has 0 bridgehead atoms. The zero-order chi connectivity index (χ0) is 18.2. The fourth-order valence-corrected chi connectivity index (χ4v) is 2.26. The van der Waals surface area contributed by atoms with Crippen LogP contribution in [0.1, 0.15) is 22.8 Å². The summed E-state index contributed by atoms with van der Waals surface area (Å²) in [4.78, 5) is 15.8. The van der Waals surface area contributed by atoms with Crippen LogP contribution in [0.4, 0.5) is 5.82 Å². The van der Waals surface area contributed by atoms with Crippen molar-refractivity contribution in [1.82, 2.24) is 4.98 Å². The molecule has 134 valence electrons. The number of esters is 1. The molecule has 0 saturated heterocycles. The van der Waals surface area contributed by atoms with Gasteiger partial charge in [0.25, 0.3) is 0 Å². The number of methoxy groups -OCH3 is 3. The summed E-state index contributed by atoms with van der Waals surface area (Å²) in [6, 6.07) is 7.12. The third kappa shape index (κ3) is 4.53. The van der Waals surface area contributed by atoms with Gasteiger partial charge in [0.2, 0.25) is 5.75 Å². The van der Waals surface area contributed by atoms with Crippen LogP contribution >= 0.6 is 0 Å². The van der Waals surface area contributed by atoms with Gasteiger partial charge < -0.3 is 24.3 Å². The predicted molar refractivity (Wildman–Crippen MR) is 93.6 cm³/mol. The summed E-state index contributed by atoms with van der Waals surface area (Å²) in [6.07, 6.45) is 1.48. The Balaban J connectivity index is 2.09. The summed E-state index contributed by atoms with van der Waals surface area (Å²) < 4.78 is 20.9. The first-order valence-corrected chi connectivity index (χ1v) is 7.78. The van der Waals surface area contributed by atoms with Gasteiger partial charge in [0.15, 0.2) is 11.5 Å². The van der Waals surface area contributed by atoms with Crippen molar-refractivity contribution in [3.63, 3.8) is 0 Å². The molecule has 0 aliphatic rings. The average Bonchev–Trinajstić information content (AvgIpc) is 2.65. The van der Waals surface area contributed by atoms with Gasteiger partial charge in [-0.15, -0.1) is 0 Å². The Hall–Kier alpha value is -2.96. The van der Waals surface area contributed by atoms with Crippen molar-refractivity contribution in [3.05, 3.63) is 41.6 Å². The first-order valence-electron chi connectivity index (χ1n) is 7.78. The minimum absolute atomic E-state index is 0.333. The van der Waals surface area contributed by atoms with E-state index >= 15 is 0 Å². The van der Waals surface area contributed by atoms with Crippen LogP contribution in [-0.2, 0) is 11.3 Å². The Labute approximate surface area is 146 Å². The number of rotatable bonds is 8. The molecule has 0 unspecified atom stereocenters. The zero-order valence-corrected chi connectivity index (χ0v) is 14.8. The number of hydrogen-bond acceptors (Lipinski definition) is 7. The molecule has 1 aromatic carbocycles. The van der Waals surface area contributed by atoms with E-state index in [0.717, 1.165) is 5.56 Å². The van der Waals surface area contributed by atoms with Crippen molar-refractivity contribution in [1.29, 1.82) is 0 Å². The van der Waals surface area contributed by atoms with Crippen LogP contribution in [0.3, 0.4) is 0 Å². The maximum absolute atomic E-state index is 11.6. The fourth-order valence-electron chi connectivity index (χ4n) is 2.26. The van der Waals surface area contributed by atoms with E-state index in [0.29, 0.717) is 41.8 Å². The Bertz CT molecular complexity index is 691. The summed E-state index contributed by atoms with van der Waals surface area (Å²) in [6.45, 7) is 2.60. The Kier molecular flexibility index (Phi) is 6.45. The van der Waals surface area contributed by atoms with Crippen LogP contribution in [0, 0.1) is 0 Å². The summed E-state index contributed by atoms with van der Waals surface area (Å²) >= 11 is 0. The molecule has 2 rings (SSSR count). The standard InChI is InChI=1S/C18H22N2O5/c1-5-25-18(21)13-6-7-16(20-11-13)19-10-12-8-14(22-2)17(24-4)15(9-12)23-3/h6-9,11H,5,10H2,1-4H3,(H,19,20). The summed E-state index contributed by atoms with van der Waals surface area (Å²) in [7, 11) is 4.71. The van der Waals surface area contributed by atoms with Crippen molar-refractivity contribution in [2.45, 2.75) is 13.5 Å². The van der Waals surface area contributed by atoms with E-state index in [-0.39, 0.29) is 5.97 Å². The first kappa shape index (κ1) is 18.4. The molecule has 2 aromatic rings. The third-order valence-corrected chi connectivity index (χ3v) is 3.47. The van der Waals surface area contributed by atoms with Crippen molar-refractivity contribution < 1.29 is 23.7 Å². The first-order chi connectivity index (χ1) is 12.1. The quantitative estimate of drug-likeness (QED) is 0.736. The second kappa shape index (κ2) is 8.77. The molecule has 7 nitrogen and oxygen atoms in total. The lowest BCUT2D eigenvalue weighted by Crippen LogP contribution is -2.07. The van der Waals surface area contributed by atoms with Crippen LogP contribution in [0.2, 0.25) is 0 Å². The molecule has 0 saturated carbocycles. The lowest BCUT2D eigenvalue weighted by atomic mass is 10.1. The van der Waals surface area contributed by atoms with E-state index in [2.05, 4.69) is 10.3 Å². The van der Waals surface area contributed by atoms with E-state index in [1.54, 1.807) is 40.4 Å². The summed E-state index contributed by atoms with van der Waals surface area (Å²) in [5.41, 5.74) is 1.35. The highest BCUT2D eigenvalue weighted by Crippen LogP contribution is 2.38. The molecule has 1 aromatic heterocycles. The molecule has 0 atom stereocenters. The Morgan fingerprint density at radius 2 is 1.76 bits per heavy atom. The van der Waals surface area contributed by atoms with Crippen LogP contribution in [0.15, 0.2) is 30.5 Å². The van der Waals surface area contributed by atoms with Gasteiger partial charge in [-0.25, -0.2) is 9.78 Å². The number of nitrogens with zero attached hydrogens (tertiary/aromatic N) is 1. The number of pyridine rings is 1. The number of carbonyl (C=O) groups is 1. The monoisotopic (exact) mass is 346 g/mol. The van der Waals surface area contributed by atoms with Gasteiger partial charge in [0, 0.05) is 12.7 Å². The number of nitrogens with one attached hydrogen (secondary N) is 1. The van der Waals surface area contributed by atoms with Gasteiger partial charge in [0.1, 0.15) is 5.82 Å². The maximum Gasteiger partial charge on any atom is 0.339 e. The number of carbonyl (C=O) groups excluding carboxylic acids is 1. The van der Waals surface area contributed by atoms with Crippen LogP contribution in [0.5, 0.6) is 17.2 Å². The highest BCUT2D eigenvalue weighted by Gasteiger charge is 2.13. The average molecular weight is 346 g/mol. The van der Waals surface area contributed by atoms with Crippen molar-refractivity contribution in [2.24, 2.45) is 0 Å². The second-order valence-corrected chi connectivity index (χ2v) is 5.04. The summed E-state index contributed by atoms with van der Waals surface area (Å²) in [5.74, 6) is 1.98. The molecule has 0 aliphatic heterocycles. The molecule has 0 amide bonds.